The van der Waals surface area contributed by atoms with Crippen molar-refractivity contribution in [3.05, 3.63) is 0 Å². The maximum atomic E-state index is 3.33. The molecule has 1 aliphatic heterocycles. The SMILES string of the molecule is CC(C)(C)CC#CC1CCNC1. The van der Waals surface area contributed by atoms with E-state index >= 15 is 0 Å². The van der Waals surface area contributed by atoms with Crippen LogP contribution in [-0.4, -0.2) is 13.1 Å². The predicted molar refractivity (Wildman–Crippen MR) is 52.8 cm³/mol. The summed E-state index contributed by atoms with van der Waals surface area (Å²) in [5.41, 5.74) is 0.360. The third-order valence-corrected chi connectivity index (χ3v) is 1.99. The lowest BCUT2D eigenvalue weighted by Gasteiger charge is -2.12. The van der Waals surface area contributed by atoms with Crippen LogP contribution in [0.5, 0.6) is 0 Å². The van der Waals surface area contributed by atoms with E-state index in [-0.39, 0.29) is 0 Å². The van der Waals surface area contributed by atoms with Gasteiger partial charge in [0.15, 0.2) is 0 Å². The van der Waals surface area contributed by atoms with E-state index < -0.39 is 0 Å². The Labute approximate surface area is 75.9 Å². The first-order valence-corrected chi connectivity index (χ1v) is 4.77. The number of hydrogen-bond acceptors (Lipinski definition) is 1. The third kappa shape index (κ3) is 3.78. The lowest BCUT2D eigenvalue weighted by molar-refractivity contribution is 0.427. The first-order valence-electron chi connectivity index (χ1n) is 4.77. The number of nitrogens with one attached hydrogen (secondary N) is 1. The van der Waals surface area contributed by atoms with Crippen molar-refractivity contribution >= 4 is 0 Å². The topological polar surface area (TPSA) is 12.0 Å². The van der Waals surface area contributed by atoms with E-state index in [9.17, 15) is 0 Å². The summed E-state index contributed by atoms with van der Waals surface area (Å²) in [6.07, 6.45) is 2.25. The molecule has 1 nitrogen and oxygen atoms in total. The lowest BCUT2D eigenvalue weighted by Crippen LogP contribution is -2.08. The molecule has 1 fully saturated rings. The highest BCUT2D eigenvalue weighted by Crippen LogP contribution is 2.17. The molecule has 0 bridgehead atoms. The summed E-state index contributed by atoms with van der Waals surface area (Å²) in [7, 11) is 0. The van der Waals surface area contributed by atoms with E-state index in [4.69, 9.17) is 0 Å². The van der Waals surface area contributed by atoms with E-state index in [0.29, 0.717) is 11.3 Å². The van der Waals surface area contributed by atoms with E-state index in [1.165, 1.54) is 6.42 Å². The molecule has 1 heterocycles. The van der Waals surface area contributed by atoms with E-state index in [1.54, 1.807) is 0 Å². The maximum Gasteiger partial charge on any atom is 0.0339 e. The van der Waals surface area contributed by atoms with Gasteiger partial charge < -0.3 is 5.32 Å². The highest BCUT2D eigenvalue weighted by atomic mass is 14.9. The summed E-state index contributed by atoms with van der Waals surface area (Å²) in [6, 6.07) is 0. The first-order chi connectivity index (χ1) is 5.58. The molecule has 0 amide bonds. The Balaban J connectivity index is 2.28. The van der Waals surface area contributed by atoms with Crippen LogP contribution < -0.4 is 5.32 Å². The molecule has 1 saturated heterocycles. The first kappa shape index (κ1) is 9.61. The molecule has 68 valence electrons. The predicted octanol–water partition coefficient (Wildman–Crippen LogP) is 2.04. The Kier molecular flexibility index (Phi) is 3.17. The smallest absolute Gasteiger partial charge is 0.0339 e. The highest BCUT2D eigenvalue weighted by molar-refractivity contribution is 5.07. The molecule has 0 aliphatic carbocycles. The largest absolute Gasteiger partial charge is 0.315 e. The van der Waals surface area contributed by atoms with Gasteiger partial charge in [-0.05, 0) is 18.4 Å². The molecule has 1 heteroatoms. The van der Waals surface area contributed by atoms with Gasteiger partial charge in [-0.15, -0.1) is 5.92 Å². The van der Waals surface area contributed by atoms with Crippen LogP contribution >= 0.6 is 0 Å². The molecular formula is C11H19N. The van der Waals surface area contributed by atoms with Crippen molar-refractivity contribution in [3.63, 3.8) is 0 Å². The standard InChI is InChI=1S/C11H19N/c1-11(2,3)7-4-5-10-6-8-12-9-10/h10,12H,6-9H2,1-3H3. The van der Waals surface area contributed by atoms with Crippen LogP contribution in [0.15, 0.2) is 0 Å². The van der Waals surface area contributed by atoms with Gasteiger partial charge in [-0.2, -0.15) is 0 Å². The van der Waals surface area contributed by atoms with Crippen LogP contribution in [0.4, 0.5) is 0 Å². The monoisotopic (exact) mass is 165 g/mol. The molecule has 0 spiro atoms. The molecule has 1 aliphatic rings. The van der Waals surface area contributed by atoms with Crippen molar-refractivity contribution in [3.8, 4) is 11.8 Å². The van der Waals surface area contributed by atoms with Crippen molar-refractivity contribution in [1.29, 1.82) is 0 Å². The molecule has 0 aromatic carbocycles. The van der Waals surface area contributed by atoms with Crippen molar-refractivity contribution < 1.29 is 0 Å². The molecule has 0 aromatic rings. The van der Waals surface area contributed by atoms with Gasteiger partial charge in [0, 0.05) is 18.9 Å². The van der Waals surface area contributed by atoms with Crippen LogP contribution in [0.3, 0.4) is 0 Å². The molecule has 1 atom stereocenters. The zero-order chi connectivity index (χ0) is 9.03. The zero-order valence-electron chi connectivity index (χ0n) is 8.41. The second kappa shape index (κ2) is 3.96. The molecule has 0 aromatic heterocycles. The minimum Gasteiger partial charge on any atom is -0.315 e. The quantitative estimate of drug-likeness (QED) is 0.542. The molecule has 1 N–H and O–H groups in total. The Morgan fingerprint density at radius 1 is 1.42 bits per heavy atom. The summed E-state index contributed by atoms with van der Waals surface area (Å²) in [5, 5.41) is 3.32. The van der Waals surface area contributed by atoms with Crippen LogP contribution in [-0.2, 0) is 0 Å². The Morgan fingerprint density at radius 2 is 2.17 bits per heavy atom. The molecule has 0 radical (unpaired) electrons. The van der Waals surface area contributed by atoms with E-state index in [0.717, 1.165) is 19.5 Å². The molecule has 12 heavy (non-hydrogen) atoms. The van der Waals surface area contributed by atoms with Gasteiger partial charge in [0.2, 0.25) is 0 Å². The van der Waals surface area contributed by atoms with Gasteiger partial charge in [0.25, 0.3) is 0 Å². The van der Waals surface area contributed by atoms with Gasteiger partial charge in [-0.3, -0.25) is 0 Å². The van der Waals surface area contributed by atoms with Crippen molar-refractivity contribution in [2.45, 2.75) is 33.6 Å². The van der Waals surface area contributed by atoms with E-state index in [2.05, 4.69) is 37.9 Å². The van der Waals surface area contributed by atoms with E-state index in [1.807, 2.05) is 0 Å². The van der Waals surface area contributed by atoms with Crippen LogP contribution in [0.25, 0.3) is 0 Å². The molecule has 1 rings (SSSR count). The molecule has 0 saturated carbocycles. The summed E-state index contributed by atoms with van der Waals surface area (Å²) < 4.78 is 0. The summed E-state index contributed by atoms with van der Waals surface area (Å²) in [5.74, 6) is 7.22. The molecular weight excluding hydrogens is 146 g/mol. The fraction of sp³-hybridized carbons (Fsp3) is 0.818. The second-order valence-electron chi connectivity index (χ2n) is 4.75. The van der Waals surface area contributed by atoms with Crippen LogP contribution in [0.2, 0.25) is 0 Å². The average Bonchev–Trinajstić information content (AvgIpc) is 2.36. The lowest BCUT2D eigenvalue weighted by atomic mass is 9.92. The highest BCUT2D eigenvalue weighted by Gasteiger charge is 2.11. The Bertz CT molecular complexity index is 183. The Hall–Kier alpha value is -0.480. The molecule has 1 unspecified atom stereocenters. The average molecular weight is 165 g/mol. The van der Waals surface area contributed by atoms with Crippen LogP contribution in [0.1, 0.15) is 33.6 Å². The summed E-state index contributed by atoms with van der Waals surface area (Å²) in [6.45, 7) is 8.93. The van der Waals surface area contributed by atoms with Crippen molar-refractivity contribution in [2.24, 2.45) is 11.3 Å². The number of rotatable bonds is 0. The number of hydrogen-bond donors (Lipinski definition) is 1. The fourth-order valence-electron chi connectivity index (χ4n) is 1.24. The third-order valence-electron chi connectivity index (χ3n) is 1.99. The van der Waals surface area contributed by atoms with Gasteiger partial charge in [-0.1, -0.05) is 26.7 Å². The zero-order valence-corrected chi connectivity index (χ0v) is 8.41. The van der Waals surface area contributed by atoms with Gasteiger partial charge in [0.1, 0.15) is 0 Å². The second-order valence-corrected chi connectivity index (χ2v) is 4.75. The van der Waals surface area contributed by atoms with Crippen LogP contribution in [0, 0.1) is 23.2 Å². The Morgan fingerprint density at radius 3 is 2.67 bits per heavy atom. The van der Waals surface area contributed by atoms with Crippen molar-refractivity contribution in [2.75, 3.05) is 13.1 Å². The summed E-state index contributed by atoms with van der Waals surface area (Å²) in [4.78, 5) is 0. The normalized spacial score (nSPS) is 23.4. The fourth-order valence-corrected chi connectivity index (χ4v) is 1.24. The van der Waals surface area contributed by atoms with Gasteiger partial charge in [0.05, 0.1) is 0 Å². The maximum absolute atomic E-state index is 3.33. The van der Waals surface area contributed by atoms with Crippen molar-refractivity contribution in [1.82, 2.24) is 5.32 Å². The van der Waals surface area contributed by atoms with Gasteiger partial charge in [-0.25, -0.2) is 0 Å². The van der Waals surface area contributed by atoms with Gasteiger partial charge >= 0.3 is 0 Å². The minimum absolute atomic E-state index is 0.360. The summed E-state index contributed by atoms with van der Waals surface area (Å²) >= 11 is 0. The minimum atomic E-state index is 0.360.